The van der Waals surface area contributed by atoms with Gasteiger partial charge in [0.1, 0.15) is 0 Å². The average Bonchev–Trinajstić information content (AvgIpc) is 2.76. The van der Waals surface area contributed by atoms with E-state index in [0.717, 1.165) is 35.6 Å². The van der Waals surface area contributed by atoms with E-state index in [-0.39, 0.29) is 3.68 Å². The SMILES string of the molecule is CCCCCCCCCCCCCCCC[CH2][Co](=[O])[C](C)(CC)SC(=S)N(CC)CC. The molecule has 0 amide bonds. The second-order valence-electron chi connectivity index (χ2n) is 8.85. The van der Waals surface area contributed by atoms with Crippen LogP contribution in [0.25, 0.3) is 0 Å². The Bertz CT molecular complexity index is 457. The summed E-state index contributed by atoms with van der Waals surface area (Å²) in [6, 6.07) is 0. The van der Waals surface area contributed by atoms with E-state index in [1.165, 1.54) is 89.9 Å². The summed E-state index contributed by atoms with van der Waals surface area (Å²) in [5.74, 6) is 0. The minimum absolute atomic E-state index is 0.220. The third-order valence-corrected chi connectivity index (χ3v) is 11.2. The molecule has 0 N–H and O–H groups in total. The average molecular weight is 519 g/mol. The van der Waals surface area contributed by atoms with Gasteiger partial charge in [-0.2, -0.15) is 0 Å². The molecule has 0 aromatic carbocycles. The van der Waals surface area contributed by atoms with Crippen LogP contribution in [0.4, 0.5) is 0 Å². The third kappa shape index (κ3) is 15.9. The Morgan fingerprint density at radius 1 is 0.742 bits per heavy atom. The molecule has 0 aliphatic rings. The normalized spacial score (nSPS) is 13.8. The van der Waals surface area contributed by atoms with E-state index in [0.29, 0.717) is 0 Å². The maximum absolute atomic E-state index is 13.0. The Balaban J connectivity index is 3.74. The van der Waals surface area contributed by atoms with Crippen LogP contribution in [0.1, 0.15) is 137 Å². The molecule has 2 nitrogen and oxygen atoms in total. The summed E-state index contributed by atoms with van der Waals surface area (Å²) in [5.41, 5.74) is 0. The molecule has 0 radical (unpaired) electrons. The van der Waals surface area contributed by atoms with Crippen LogP contribution in [0.2, 0.25) is 5.36 Å². The van der Waals surface area contributed by atoms with Crippen LogP contribution in [-0.2, 0) is 17.5 Å². The van der Waals surface area contributed by atoms with E-state index < -0.39 is 13.6 Å². The van der Waals surface area contributed by atoms with E-state index in [4.69, 9.17) is 12.2 Å². The van der Waals surface area contributed by atoms with Crippen LogP contribution in [-0.4, -0.2) is 26.0 Å². The molecule has 0 saturated carbocycles. The van der Waals surface area contributed by atoms with Gasteiger partial charge in [0.25, 0.3) is 0 Å². The fourth-order valence-electron chi connectivity index (χ4n) is 3.70. The number of hydrogen-bond donors (Lipinski definition) is 0. The van der Waals surface area contributed by atoms with Crippen molar-refractivity contribution in [3.63, 3.8) is 0 Å². The van der Waals surface area contributed by atoms with Crippen molar-refractivity contribution in [2.75, 3.05) is 13.1 Å². The van der Waals surface area contributed by atoms with Crippen LogP contribution in [0.3, 0.4) is 0 Å². The van der Waals surface area contributed by atoms with Crippen molar-refractivity contribution >= 4 is 28.3 Å². The summed E-state index contributed by atoms with van der Waals surface area (Å²) in [5, 5.41) is 0.851. The van der Waals surface area contributed by atoms with Gasteiger partial charge in [0.15, 0.2) is 0 Å². The summed E-state index contributed by atoms with van der Waals surface area (Å²) in [6.07, 6.45) is 21.5. The number of thioether (sulfide) groups is 1. The Morgan fingerprint density at radius 2 is 1.13 bits per heavy atom. The van der Waals surface area contributed by atoms with E-state index in [2.05, 4.69) is 39.5 Å². The van der Waals surface area contributed by atoms with Crippen LogP contribution in [0.15, 0.2) is 0 Å². The van der Waals surface area contributed by atoms with Crippen molar-refractivity contribution in [3.8, 4) is 0 Å². The molecule has 0 rings (SSSR count). The third-order valence-electron chi connectivity index (χ3n) is 6.20. The van der Waals surface area contributed by atoms with Crippen molar-refractivity contribution in [1.82, 2.24) is 4.90 Å². The van der Waals surface area contributed by atoms with Gasteiger partial charge >= 0.3 is 178 Å². The summed E-state index contributed by atoms with van der Waals surface area (Å²) in [6.45, 7) is 12.7. The van der Waals surface area contributed by atoms with Crippen molar-refractivity contribution in [3.05, 3.63) is 0 Å². The number of rotatable bonds is 21. The van der Waals surface area contributed by atoms with E-state index >= 15 is 0 Å². The fraction of sp³-hybridized carbons (Fsp3) is 0.962. The van der Waals surface area contributed by atoms with Crippen LogP contribution >= 0.6 is 24.0 Å². The molecule has 31 heavy (non-hydrogen) atoms. The first-order valence-corrected chi connectivity index (χ1v) is 16.1. The molecule has 0 fully saturated rings. The van der Waals surface area contributed by atoms with Crippen molar-refractivity contribution < 1.29 is 17.5 Å². The van der Waals surface area contributed by atoms with Gasteiger partial charge < -0.3 is 0 Å². The molecule has 0 heterocycles. The monoisotopic (exact) mass is 518 g/mol. The molecule has 0 spiro atoms. The molecule has 1 unspecified atom stereocenters. The first kappa shape index (κ1) is 31.5. The quantitative estimate of drug-likeness (QED) is 0.111. The molecule has 0 aromatic rings. The van der Waals surface area contributed by atoms with E-state index in [1.54, 1.807) is 11.8 Å². The van der Waals surface area contributed by atoms with Crippen LogP contribution < -0.4 is 0 Å². The molecule has 189 valence electrons. The molecule has 0 aliphatic heterocycles. The standard InChI is InChI=1S/C17H35.C9H18NS2.Co.O/c1-3-5-7-9-11-13-15-17-16-14-12-10-8-6-4-2;1-5-8(4)12-9(11)10(6-2)7-3;;/h1,3-17H2,2H3;5-7H2,1-4H3;;. The molecular weight excluding hydrogens is 465 g/mol. The molecule has 0 saturated heterocycles. The van der Waals surface area contributed by atoms with Crippen LogP contribution in [0.5, 0.6) is 0 Å². The predicted octanol–water partition coefficient (Wildman–Crippen LogP) is 9.73. The van der Waals surface area contributed by atoms with Crippen LogP contribution in [0, 0.1) is 0 Å². The summed E-state index contributed by atoms with van der Waals surface area (Å²) in [7, 11) is 0. The van der Waals surface area contributed by atoms with Gasteiger partial charge in [0.2, 0.25) is 0 Å². The summed E-state index contributed by atoms with van der Waals surface area (Å²) in [4.78, 5) is 2.20. The van der Waals surface area contributed by atoms with Gasteiger partial charge in [-0.05, 0) is 0 Å². The van der Waals surface area contributed by atoms with E-state index in [1.807, 2.05) is 0 Å². The molecule has 0 aliphatic carbocycles. The Kier molecular flexibility index (Phi) is 21.5. The number of hydrogen-bond acceptors (Lipinski definition) is 3. The summed E-state index contributed by atoms with van der Waals surface area (Å²) >= 11 is 6.08. The van der Waals surface area contributed by atoms with Gasteiger partial charge in [-0.15, -0.1) is 0 Å². The van der Waals surface area contributed by atoms with Gasteiger partial charge in [0, 0.05) is 0 Å². The van der Waals surface area contributed by atoms with Crippen molar-refractivity contribution in [1.29, 1.82) is 0 Å². The minimum atomic E-state index is -1.21. The second kappa shape index (κ2) is 21.1. The molecule has 0 bridgehead atoms. The second-order valence-corrected chi connectivity index (χ2v) is 13.8. The van der Waals surface area contributed by atoms with Crippen molar-refractivity contribution in [2.45, 2.75) is 146 Å². The number of nitrogens with zero attached hydrogens (tertiary/aromatic N) is 1. The molecule has 0 aromatic heterocycles. The maximum atomic E-state index is 13.0. The van der Waals surface area contributed by atoms with Gasteiger partial charge in [-0.3, -0.25) is 0 Å². The zero-order valence-electron chi connectivity index (χ0n) is 21.4. The zero-order chi connectivity index (χ0) is 23.4. The number of unbranched alkanes of at least 4 members (excludes halogenated alkanes) is 14. The first-order valence-electron chi connectivity index (χ1n) is 13.2. The van der Waals surface area contributed by atoms with Gasteiger partial charge in [-0.1, -0.05) is 32.6 Å². The van der Waals surface area contributed by atoms with E-state index in [9.17, 15) is 3.87 Å². The summed E-state index contributed by atoms with van der Waals surface area (Å²) < 4.78 is 13.7. The Hall–Kier alpha value is 0.546. The first-order chi connectivity index (χ1) is 14.9. The zero-order valence-corrected chi connectivity index (χ0v) is 24.1. The van der Waals surface area contributed by atoms with Gasteiger partial charge in [0.05, 0.1) is 0 Å². The molecule has 1 atom stereocenters. The van der Waals surface area contributed by atoms with Crippen molar-refractivity contribution in [2.24, 2.45) is 0 Å². The fourth-order valence-corrected chi connectivity index (χ4v) is 8.16. The Morgan fingerprint density at radius 3 is 1.48 bits per heavy atom. The number of thiocarbonyl (C=S) groups is 1. The Labute approximate surface area is 209 Å². The predicted molar refractivity (Wildman–Crippen MR) is 142 cm³/mol. The topological polar surface area (TPSA) is 20.3 Å². The molecule has 5 heteroatoms. The molecular formula is C26H53CoNOS2. The van der Waals surface area contributed by atoms with Gasteiger partial charge in [-0.25, -0.2) is 0 Å².